The average molecular weight is 497 g/mol. The maximum absolute atomic E-state index is 2.12. The Balaban J connectivity index is 0.000000490. The molecule has 0 atom stereocenters. The predicted octanol–water partition coefficient (Wildman–Crippen LogP) is 1.16. The molecule has 0 N–H and O–H groups in total. The van der Waals surface area contributed by atoms with Gasteiger partial charge in [0, 0.05) is 0 Å². The molecule has 4 rings (SSSR count). The van der Waals surface area contributed by atoms with Crippen molar-refractivity contribution in [3.05, 3.63) is 131 Å². The molecule has 29 heavy (non-hydrogen) atoms. The van der Waals surface area contributed by atoms with E-state index in [9.17, 15) is 0 Å². The molecule has 0 fully saturated rings. The minimum Gasteiger partial charge on any atom is -1.00 e. The summed E-state index contributed by atoms with van der Waals surface area (Å²) in [4.78, 5) is 0. The van der Waals surface area contributed by atoms with Crippen molar-refractivity contribution in [2.45, 2.75) is 0 Å². The molecule has 0 aliphatic rings. The van der Waals surface area contributed by atoms with Crippen LogP contribution in [0.1, 0.15) is 22.3 Å². The molecule has 0 saturated heterocycles. The minimum atomic E-state index is 0. The van der Waals surface area contributed by atoms with Crippen LogP contribution in [0.15, 0.2) is 109 Å². The Morgan fingerprint density at radius 3 is 1.10 bits per heavy atom. The fourth-order valence-electron chi connectivity index (χ4n) is 2.51. The van der Waals surface area contributed by atoms with Gasteiger partial charge in [-0.3, -0.25) is 0 Å². The van der Waals surface area contributed by atoms with Crippen LogP contribution in [0.5, 0.6) is 0 Å². The second-order valence-electron chi connectivity index (χ2n) is 5.92. The quantitative estimate of drug-likeness (QED) is 0.372. The third-order valence-corrected chi connectivity index (χ3v) is 3.91. The Hall–Kier alpha value is -1.92. The molecule has 0 heterocycles. The van der Waals surface area contributed by atoms with Gasteiger partial charge in [-0.1, -0.05) is 72.8 Å². The van der Waals surface area contributed by atoms with E-state index in [2.05, 4.69) is 72.8 Å². The molecular formula is C26H22Cl2Zr. The first-order valence-electron chi connectivity index (χ1n) is 8.80. The van der Waals surface area contributed by atoms with Gasteiger partial charge in [-0.25, -0.2) is 12.1 Å². The first-order valence-corrected chi connectivity index (χ1v) is 8.80. The minimum absolute atomic E-state index is 0. The van der Waals surface area contributed by atoms with Gasteiger partial charge in [0.05, 0.1) is 0 Å². The van der Waals surface area contributed by atoms with Crippen molar-refractivity contribution in [3.63, 3.8) is 0 Å². The zero-order valence-corrected chi connectivity index (χ0v) is 19.9. The molecule has 4 aromatic rings. The second-order valence-corrected chi connectivity index (χ2v) is 5.92. The summed E-state index contributed by atoms with van der Waals surface area (Å²) in [6.07, 6.45) is 8.48. The van der Waals surface area contributed by atoms with Gasteiger partial charge in [0.25, 0.3) is 0 Å². The largest absolute Gasteiger partial charge is 4.00 e. The third-order valence-electron chi connectivity index (χ3n) is 3.91. The smallest absolute Gasteiger partial charge is 1.00 e. The van der Waals surface area contributed by atoms with Gasteiger partial charge in [-0.15, -0.1) is 12.2 Å². The van der Waals surface area contributed by atoms with Gasteiger partial charge in [0.2, 0.25) is 0 Å². The SMILES string of the molecule is C(=Cc1cc[cH-]c1)c1ccccc1.C(=Cc1cc[cH-]c1)c1ccccc1.[Cl-].[Cl-].[Zr+4]. The number of halogens is 2. The van der Waals surface area contributed by atoms with Gasteiger partial charge >= 0.3 is 26.2 Å². The van der Waals surface area contributed by atoms with Crippen LogP contribution in [0, 0.1) is 0 Å². The molecule has 0 aromatic heterocycles. The van der Waals surface area contributed by atoms with Crippen LogP contribution in [-0.4, -0.2) is 0 Å². The summed E-state index contributed by atoms with van der Waals surface area (Å²) in [5.74, 6) is 0. The van der Waals surface area contributed by atoms with E-state index in [1.54, 1.807) is 0 Å². The summed E-state index contributed by atoms with van der Waals surface area (Å²) >= 11 is 0. The van der Waals surface area contributed by atoms with E-state index in [1.807, 2.05) is 60.7 Å². The normalized spacial score (nSPS) is 9.66. The van der Waals surface area contributed by atoms with Gasteiger partial charge in [-0.05, 0) is 11.1 Å². The van der Waals surface area contributed by atoms with Crippen molar-refractivity contribution in [1.82, 2.24) is 0 Å². The standard InChI is InChI=1S/2C13H11.2ClH.Zr/c2*1-2-6-12(7-3-1)10-11-13-8-4-5-9-13;;;/h2*1-11H;2*1H;/q2*-1;;;+4/p-2. The van der Waals surface area contributed by atoms with E-state index in [4.69, 9.17) is 0 Å². The van der Waals surface area contributed by atoms with E-state index < -0.39 is 0 Å². The summed E-state index contributed by atoms with van der Waals surface area (Å²) in [6.45, 7) is 0. The second kappa shape index (κ2) is 15.9. The number of hydrogen-bond donors (Lipinski definition) is 0. The van der Waals surface area contributed by atoms with Gasteiger partial charge < -0.3 is 24.8 Å². The van der Waals surface area contributed by atoms with E-state index in [1.165, 1.54) is 22.3 Å². The monoisotopic (exact) mass is 494 g/mol. The zero-order valence-electron chi connectivity index (χ0n) is 16.0. The molecule has 0 nitrogen and oxygen atoms in total. The van der Waals surface area contributed by atoms with E-state index in [0.717, 1.165) is 0 Å². The first-order chi connectivity index (χ1) is 12.9. The summed E-state index contributed by atoms with van der Waals surface area (Å²) in [5.41, 5.74) is 4.99. The van der Waals surface area contributed by atoms with Crippen molar-refractivity contribution in [3.8, 4) is 0 Å². The summed E-state index contributed by atoms with van der Waals surface area (Å²) in [6, 6.07) is 37.2. The van der Waals surface area contributed by atoms with Gasteiger partial charge in [-0.2, -0.15) is 47.5 Å². The van der Waals surface area contributed by atoms with Gasteiger partial charge in [0.1, 0.15) is 0 Å². The molecule has 0 unspecified atom stereocenters. The number of benzene rings is 2. The van der Waals surface area contributed by atoms with Crippen molar-refractivity contribution < 1.29 is 51.0 Å². The van der Waals surface area contributed by atoms with Crippen LogP contribution in [-0.2, 0) is 26.2 Å². The summed E-state index contributed by atoms with van der Waals surface area (Å²) in [5, 5.41) is 0. The van der Waals surface area contributed by atoms with E-state index in [0.29, 0.717) is 0 Å². The Morgan fingerprint density at radius 1 is 0.448 bits per heavy atom. The van der Waals surface area contributed by atoms with Crippen LogP contribution in [0.2, 0.25) is 0 Å². The topological polar surface area (TPSA) is 0 Å². The summed E-state index contributed by atoms with van der Waals surface area (Å²) in [7, 11) is 0. The molecule has 0 spiro atoms. The molecule has 0 saturated carbocycles. The molecule has 0 bridgehead atoms. The Morgan fingerprint density at radius 2 is 0.793 bits per heavy atom. The van der Waals surface area contributed by atoms with E-state index >= 15 is 0 Å². The van der Waals surface area contributed by atoms with Crippen LogP contribution in [0.4, 0.5) is 0 Å². The Labute approximate surface area is 205 Å². The van der Waals surface area contributed by atoms with Crippen LogP contribution < -0.4 is 24.8 Å². The fraction of sp³-hybridized carbons (Fsp3) is 0. The number of rotatable bonds is 4. The van der Waals surface area contributed by atoms with Crippen molar-refractivity contribution in [1.29, 1.82) is 0 Å². The fourth-order valence-corrected chi connectivity index (χ4v) is 2.51. The van der Waals surface area contributed by atoms with Crippen molar-refractivity contribution >= 4 is 24.3 Å². The maximum atomic E-state index is 2.12. The maximum Gasteiger partial charge on any atom is 4.00 e. The molecular weight excluding hydrogens is 474 g/mol. The van der Waals surface area contributed by atoms with E-state index in [-0.39, 0.29) is 51.0 Å². The molecule has 144 valence electrons. The molecule has 4 aromatic carbocycles. The van der Waals surface area contributed by atoms with Gasteiger partial charge in [0.15, 0.2) is 0 Å². The molecule has 0 aliphatic carbocycles. The van der Waals surface area contributed by atoms with Crippen molar-refractivity contribution in [2.24, 2.45) is 0 Å². The first kappa shape index (κ1) is 27.1. The number of hydrogen-bond acceptors (Lipinski definition) is 0. The van der Waals surface area contributed by atoms with Crippen molar-refractivity contribution in [2.75, 3.05) is 0 Å². The van der Waals surface area contributed by atoms with Crippen LogP contribution in [0.3, 0.4) is 0 Å². The average Bonchev–Trinajstić information content (AvgIpc) is 3.41. The molecule has 0 aliphatic heterocycles. The molecule has 0 amide bonds. The van der Waals surface area contributed by atoms with Crippen LogP contribution >= 0.6 is 0 Å². The molecule has 0 radical (unpaired) electrons. The Kier molecular flexibility index (Phi) is 14.9. The predicted molar refractivity (Wildman–Crippen MR) is 115 cm³/mol. The molecule has 3 heteroatoms. The Bertz CT molecular complexity index is 828. The van der Waals surface area contributed by atoms with Crippen LogP contribution in [0.25, 0.3) is 24.3 Å². The zero-order chi connectivity index (χ0) is 17.9. The summed E-state index contributed by atoms with van der Waals surface area (Å²) < 4.78 is 0. The third kappa shape index (κ3) is 10.4.